The second-order valence-corrected chi connectivity index (χ2v) is 17.7. The van der Waals surface area contributed by atoms with Gasteiger partial charge in [-0.2, -0.15) is 0 Å². The topological polar surface area (TPSA) is 38.7 Å². The van der Waals surface area contributed by atoms with Crippen molar-refractivity contribution in [2.75, 3.05) is 0 Å². The van der Waals surface area contributed by atoms with Crippen molar-refractivity contribution in [3.8, 4) is 67.5 Å². The fourth-order valence-corrected chi connectivity index (χ4v) is 6.88. The Hall–Kier alpha value is -5.45. The molecule has 1 aromatic heterocycles. The average Bonchev–Trinajstić information content (AvgIpc) is 3.12. The van der Waals surface area contributed by atoms with Crippen LogP contribution in [0.25, 0.3) is 67.5 Å². The van der Waals surface area contributed by atoms with Gasteiger partial charge in [-0.3, -0.25) is 0 Å². The van der Waals surface area contributed by atoms with Crippen molar-refractivity contribution in [3.63, 3.8) is 0 Å². The van der Waals surface area contributed by atoms with E-state index < -0.39 is 8.07 Å². The zero-order chi connectivity index (χ0) is 31.5. The quantitative estimate of drug-likeness (QED) is 0.169. The number of rotatable bonds is 7. The van der Waals surface area contributed by atoms with Crippen molar-refractivity contribution in [1.29, 1.82) is 0 Å². The molecular formula is C42H35N3Si. The normalized spacial score (nSPS) is 11.4. The van der Waals surface area contributed by atoms with E-state index in [1.807, 2.05) is 60.7 Å². The maximum Gasteiger partial charge on any atom is 0.164 e. The van der Waals surface area contributed by atoms with Gasteiger partial charge >= 0.3 is 0 Å². The molecule has 46 heavy (non-hydrogen) atoms. The van der Waals surface area contributed by atoms with Gasteiger partial charge in [-0.1, -0.05) is 164 Å². The predicted octanol–water partition coefficient (Wildman–Crippen LogP) is 10.4. The molecule has 0 unspecified atom stereocenters. The monoisotopic (exact) mass is 609 g/mol. The molecule has 7 aromatic rings. The van der Waals surface area contributed by atoms with Gasteiger partial charge in [0, 0.05) is 16.7 Å². The molecule has 0 aliphatic carbocycles. The Balaban J connectivity index is 1.25. The zero-order valence-corrected chi connectivity index (χ0v) is 27.4. The molecule has 0 N–H and O–H groups in total. The molecule has 222 valence electrons. The molecular weight excluding hydrogens is 575 g/mol. The third-order valence-electron chi connectivity index (χ3n) is 8.27. The minimum Gasteiger partial charge on any atom is -0.208 e. The van der Waals surface area contributed by atoms with Crippen molar-refractivity contribution < 1.29 is 0 Å². The molecule has 0 saturated carbocycles. The molecule has 0 bridgehead atoms. The molecule has 0 spiro atoms. The van der Waals surface area contributed by atoms with E-state index >= 15 is 0 Å². The molecule has 0 atom stereocenters. The highest BCUT2D eigenvalue weighted by Crippen LogP contribution is 2.32. The number of nitrogens with zero attached hydrogens (tertiary/aromatic N) is 3. The second kappa shape index (κ2) is 12.5. The molecule has 1 heterocycles. The van der Waals surface area contributed by atoms with E-state index in [2.05, 4.69) is 117 Å². The van der Waals surface area contributed by atoms with Crippen LogP contribution in [0.5, 0.6) is 0 Å². The first-order chi connectivity index (χ1) is 22.4. The second-order valence-electron chi connectivity index (χ2n) is 12.6. The summed E-state index contributed by atoms with van der Waals surface area (Å²) in [6, 6.07) is 55.4. The van der Waals surface area contributed by atoms with Crippen molar-refractivity contribution in [1.82, 2.24) is 15.0 Å². The molecule has 0 aliphatic rings. The van der Waals surface area contributed by atoms with Gasteiger partial charge in [0.15, 0.2) is 17.5 Å². The summed E-state index contributed by atoms with van der Waals surface area (Å²) in [7, 11) is -1.40. The summed E-state index contributed by atoms with van der Waals surface area (Å²) < 4.78 is 0. The Morgan fingerprint density at radius 1 is 0.304 bits per heavy atom. The van der Waals surface area contributed by atoms with Crippen LogP contribution in [0.4, 0.5) is 0 Å². The number of benzene rings is 6. The fourth-order valence-electron chi connectivity index (χ4n) is 5.70. The number of hydrogen-bond acceptors (Lipinski definition) is 3. The summed E-state index contributed by atoms with van der Waals surface area (Å²) in [5.41, 5.74) is 10.0. The highest BCUT2D eigenvalue weighted by atomic mass is 28.3. The smallest absolute Gasteiger partial charge is 0.164 e. The largest absolute Gasteiger partial charge is 0.208 e. The Kier molecular flexibility index (Phi) is 7.96. The maximum atomic E-state index is 4.94. The molecule has 4 heteroatoms. The molecule has 0 radical (unpaired) electrons. The van der Waals surface area contributed by atoms with Crippen LogP contribution in [0.15, 0.2) is 158 Å². The van der Waals surface area contributed by atoms with Crippen LogP contribution in [0.1, 0.15) is 0 Å². The van der Waals surface area contributed by atoms with Gasteiger partial charge in [-0.15, -0.1) is 0 Å². The lowest BCUT2D eigenvalue weighted by Gasteiger charge is -2.17. The standard InChI is InChI=1S/C42H35N3Si/c1-46(2,3)39-25-13-23-37(29-39)35-21-11-19-33(27-35)32-18-10-20-34(26-32)36-22-12-24-38(28-36)42-44-40(30-14-6-4-7-15-30)43-41(45-42)31-16-8-5-9-17-31/h4-29H,1-3H3. The molecule has 0 aliphatic heterocycles. The van der Waals surface area contributed by atoms with Gasteiger partial charge in [-0.25, -0.2) is 15.0 Å². The van der Waals surface area contributed by atoms with Gasteiger partial charge < -0.3 is 0 Å². The van der Waals surface area contributed by atoms with Crippen molar-refractivity contribution in [2.24, 2.45) is 0 Å². The van der Waals surface area contributed by atoms with Crippen LogP contribution in [-0.4, -0.2) is 23.0 Å². The summed E-state index contributed by atoms with van der Waals surface area (Å²) in [5, 5.41) is 1.47. The first-order valence-corrected chi connectivity index (χ1v) is 19.2. The Morgan fingerprint density at radius 3 is 1.02 bits per heavy atom. The molecule has 0 saturated heterocycles. The third-order valence-corrected chi connectivity index (χ3v) is 10.3. The summed E-state index contributed by atoms with van der Waals surface area (Å²) >= 11 is 0. The highest BCUT2D eigenvalue weighted by Gasteiger charge is 2.17. The summed E-state index contributed by atoms with van der Waals surface area (Å²) in [4.78, 5) is 14.7. The lowest BCUT2D eigenvalue weighted by molar-refractivity contribution is 1.07. The highest BCUT2D eigenvalue weighted by molar-refractivity contribution is 6.88. The Bertz CT molecular complexity index is 2080. The van der Waals surface area contributed by atoms with E-state index in [0.29, 0.717) is 17.5 Å². The van der Waals surface area contributed by atoms with Crippen LogP contribution >= 0.6 is 0 Å². The Morgan fingerprint density at radius 2 is 0.609 bits per heavy atom. The van der Waals surface area contributed by atoms with E-state index in [1.54, 1.807) is 0 Å². The van der Waals surface area contributed by atoms with E-state index in [1.165, 1.54) is 27.4 Å². The minimum absolute atomic E-state index is 0.652. The molecule has 3 nitrogen and oxygen atoms in total. The lowest BCUT2D eigenvalue weighted by atomic mass is 9.95. The first kappa shape index (κ1) is 29.3. The van der Waals surface area contributed by atoms with E-state index in [0.717, 1.165) is 27.8 Å². The van der Waals surface area contributed by atoms with Crippen molar-refractivity contribution >= 4 is 13.3 Å². The van der Waals surface area contributed by atoms with Crippen LogP contribution in [-0.2, 0) is 0 Å². The van der Waals surface area contributed by atoms with Crippen molar-refractivity contribution in [2.45, 2.75) is 19.6 Å². The zero-order valence-electron chi connectivity index (χ0n) is 26.4. The fraction of sp³-hybridized carbons (Fsp3) is 0.0714. The van der Waals surface area contributed by atoms with Gasteiger partial charge in [0.2, 0.25) is 0 Å². The van der Waals surface area contributed by atoms with Gasteiger partial charge in [0.1, 0.15) is 0 Å². The van der Waals surface area contributed by atoms with Gasteiger partial charge in [-0.05, 0) is 51.6 Å². The first-order valence-electron chi connectivity index (χ1n) is 15.7. The Labute approximate surface area is 272 Å². The maximum absolute atomic E-state index is 4.94. The summed E-state index contributed by atoms with van der Waals surface area (Å²) in [5.74, 6) is 1.97. The van der Waals surface area contributed by atoms with Crippen LogP contribution in [0.2, 0.25) is 19.6 Å². The van der Waals surface area contributed by atoms with Gasteiger partial charge in [0.05, 0.1) is 8.07 Å². The summed E-state index contributed by atoms with van der Waals surface area (Å²) in [6.07, 6.45) is 0. The molecule has 7 rings (SSSR count). The number of aromatic nitrogens is 3. The number of hydrogen-bond donors (Lipinski definition) is 0. The molecule has 0 amide bonds. The van der Waals surface area contributed by atoms with Crippen LogP contribution < -0.4 is 5.19 Å². The van der Waals surface area contributed by atoms with Gasteiger partial charge in [0.25, 0.3) is 0 Å². The van der Waals surface area contributed by atoms with Crippen molar-refractivity contribution in [3.05, 3.63) is 158 Å². The average molecular weight is 610 g/mol. The minimum atomic E-state index is -1.40. The molecule has 0 fully saturated rings. The van der Waals surface area contributed by atoms with Crippen LogP contribution in [0.3, 0.4) is 0 Å². The van der Waals surface area contributed by atoms with E-state index in [4.69, 9.17) is 15.0 Å². The third kappa shape index (κ3) is 6.34. The SMILES string of the molecule is C[Si](C)(C)c1cccc(-c2cccc(-c3cccc(-c4cccc(-c5nc(-c6ccccc6)nc(-c6ccccc6)n5)c4)c3)c2)c1. The molecule has 6 aromatic carbocycles. The van der Waals surface area contributed by atoms with Crippen LogP contribution in [0, 0.1) is 0 Å². The van der Waals surface area contributed by atoms with E-state index in [9.17, 15) is 0 Å². The lowest BCUT2D eigenvalue weighted by Crippen LogP contribution is -2.37. The summed E-state index contributed by atoms with van der Waals surface area (Å²) in [6.45, 7) is 7.19. The van der Waals surface area contributed by atoms with E-state index in [-0.39, 0.29) is 0 Å². The predicted molar refractivity (Wildman–Crippen MR) is 195 cm³/mol.